The summed E-state index contributed by atoms with van der Waals surface area (Å²) in [4.78, 5) is 4.21. The monoisotopic (exact) mass is 230 g/mol. The van der Waals surface area contributed by atoms with Crippen LogP contribution < -0.4 is 5.32 Å². The van der Waals surface area contributed by atoms with Crippen LogP contribution in [0.4, 0.5) is 0 Å². The molecule has 1 atom stereocenters. The molecule has 1 heterocycles. The first-order chi connectivity index (χ1) is 6.72. The molecule has 0 spiro atoms. The first-order valence-corrected chi connectivity index (χ1v) is 6.00. The van der Waals surface area contributed by atoms with Crippen LogP contribution in [0.1, 0.15) is 13.3 Å². The van der Waals surface area contributed by atoms with Gasteiger partial charge in [-0.2, -0.15) is 0 Å². The van der Waals surface area contributed by atoms with Gasteiger partial charge in [-0.25, -0.2) is 4.98 Å². The van der Waals surface area contributed by atoms with Crippen LogP contribution in [-0.4, -0.2) is 23.8 Å². The molecule has 0 aliphatic heterocycles. The van der Waals surface area contributed by atoms with E-state index in [9.17, 15) is 0 Å². The fraction of sp³-hybridized carbons (Fsp3) is 0.500. The number of thioether (sulfide) groups is 1. The molecule has 0 aromatic carbocycles. The lowest BCUT2D eigenvalue weighted by atomic mass is 10.3. The third-order valence-corrected chi connectivity index (χ3v) is 3.19. The van der Waals surface area contributed by atoms with Crippen molar-refractivity contribution in [1.29, 1.82) is 0 Å². The summed E-state index contributed by atoms with van der Waals surface area (Å²) >= 11 is 7.50. The number of rotatable bonds is 5. The topological polar surface area (TPSA) is 24.9 Å². The maximum atomic E-state index is 5.74. The van der Waals surface area contributed by atoms with Gasteiger partial charge in [0.15, 0.2) is 0 Å². The van der Waals surface area contributed by atoms with E-state index in [2.05, 4.69) is 17.2 Å². The summed E-state index contributed by atoms with van der Waals surface area (Å²) in [5.41, 5.74) is 0. The molecule has 78 valence electrons. The van der Waals surface area contributed by atoms with Gasteiger partial charge in [-0.3, -0.25) is 0 Å². The van der Waals surface area contributed by atoms with Crippen LogP contribution in [0.2, 0.25) is 5.02 Å². The average molecular weight is 231 g/mol. The molecule has 1 aromatic heterocycles. The second-order valence-electron chi connectivity index (χ2n) is 3.14. The summed E-state index contributed by atoms with van der Waals surface area (Å²) < 4.78 is 0. The van der Waals surface area contributed by atoms with Gasteiger partial charge in [0, 0.05) is 18.0 Å². The van der Waals surface area contributed by atoms with E-state index in [1.165, 1.54) is 0 Å². The molecule has 0 saturated carbocycles. The van der Waals surface area contributed by atoms with E-state index in [0.717, 1.165) is 17.2 Å². The van der Waals surface area contributed by atoms with Gasteiger partial charge in [0.1, 0.15) is 0 Å². The quantitative estimate of drug-likeness (QED) is 0.788. The Labute approximate surface area is 94.5 Å². The molecule has 2 nitrogen and oxygen atoms in total. The number of pyridine rings is 1. The Morgan fingerprint density at radius 3 is 2.93 bits per heavy atom. The van der Waals surface area contributed by atoms with Crippen LogP contribution in [0.15, 0.2) is 23.4 Å². The van der Waals surface area contributed by atoms with Crippen LogP contribution in [0, 0.1) is 0 Å². The highest BCUT2D eigenvalue weighted by Crippen LogP contribution is 2.18. The zero-order chi connectivity index (χ0) is 10.4. The number of nitrogens with zero attached hydrogens (tertiary/aromatic N) is 1. The minimum atomic E-state index is 0.565. The van der Waals surface area contributed by atoms with Crippen molar-refractivity contribution >= 4 is 23.4 Å². The highest BCUT2D eigenvalue weighted by Gasteiger charge is 1.99. The summed E-state index contributed by atoms with van der Waals surface area (Å²) in [6.07, 6.45) is 2.83. The second-order valence-corrected chi connectivity index (χ2v) is 4.69. The molecule has 0 aliphatic carbocycles. The molecule has 1 N–H and O–H groups in total. The standard InChI is InChI=1S/C10H15ClN2S/c1-8(12-2)5-6-14-10-4-3-9(11)7-13-10/h3-4,7-8,12H,5-6H2,1-2H3. The molecular formula is C10H15ClN2S. The summed E-state index contributed by atoms with van der Waals surface area (Å²) in [7, 11) is 1.98. The Hall–Kier alpha value is -0.250. The predicted molar refractivity (Wildman–Crippen MR) is 63.1 cm³/mol. The molecule has 0 bridgehead atoms. The predicted octanol–water partition coefficient (Wildman–Crippen LogP) is 2.83. The second kappa shape index (κ2) is 6.27. The van der Waals surface area contributed by atoms with E-state index in [1.807, 2.05) is 19.2 Å². The Balaban J connectivity index is 2.28. The number of hydrogen-bond acceptors (Lipinski definition) is 3. The van der Waals surface area contributed by atoms with E-state index in [1.54, 1.807) is 18.0 Å². The third-order valence-electron chi connectivity index (χ3n) is 1.99. The summed E-state index contributed by atoms with van der Waals surface area (Å²) in [5, 5.41) is 4.94. The van der Waals surface area contributed by atoms with Crippen molar-refractivity contribution in [3.8, 4) is 0 Å². The smallest absolute Gasteiger partial charge is 0.0960 e. The van der Waals surface area contributed by atoms with Crippen molar-refractivity contribution in [3.63, 3.8) is 0 Å². The maximum Gasteiger partial charge on any atom is 0.0960 e. The van der Waals surface area contributed by atoms with Crippen LogP contribution >= 0.6 is 23.4 Å². The van der Waals surface area contributed by atoms with Gasteiger partial charge < -0.3 is 5.32 Å². The first-order valence-electron chi connectivity index (χ1n) is 4.64. The average Bonchev–Trinajstić information content (AvgIpc) is 2.21. The van der Waals surface area contributed by atoms with Crippen molar-refractivity contribution in [2.24, 2.45) is 0 Å². The van der Waals surface area contributed by atoms with Gasteiger partial charge >= 0.3 is 0 Å². The number of hydrogen-bond donors (Lipinski definition) is 1. The molecule has 0 fully saturated rings. The lowest BCUT2D eigenvalue weighted by molar-refractivity contribution is 0.597. The summed E-state index contributed by atoms with van der Waals surface area (Å²) in [6.45, 7) is 2.18. The molecule has 0 amide bonds. The summed E-state index contributed by atoms with van der Waals surface area (Å²) in [5.74, 6) is 1.08. The highest BCUT2D eigenvalue weighted by molar-refractivity contribution is 7.99. The number of aromatic nitrogens is 1. The van der Waals surface area contributed by atoms with Crippen molar-refractivity contribution in [2.75, 3.05) is 12.8 Å². The molecular weight excluding hydrogens is 216 g/mol. The SMILES string of the molecule is CNC(C)CCSc1ccc(Cl)cn1. The van der Waals surface area contributed by atoms with Crippen molar-refractivity contribution in [1.82, 2.24) is 10.3 Å². The number of halogens is 1. The highest BCUT2D eigenvalue weighted by atomic mass is 35.5. The molecule has 1 unspecified atom stereocenters. The van der Waals surface area contributed by atoms with Crippen molar-refractivity contribution in [3.05, 3.63) is 23.4 Å². The van der Waals surface area contributed by atoms with Gasteiger partial charge in [-0.1, -0.05) is 11.6 Å². The Morgan fingerprint density at radius 1 is 1.57 bits per heavy atom. The van der Waals surface area contributed by atoms with Crippen LogP contribution in [0.25, 0.3) is 0 Å². The molecule has 1 rings (SSSR count). The molecule has 4 heteroatoms. The van der Waals surface area contributed by atoms with Gasteiger partial charge in [0.05, 0.1) is 10.0 Å². The van der Waals surface area contributed by atoms with E-state index in [0.29, 0.717) is 11.1 Å². The fourth-order valence-corrected chi connectivity index (χ4v) is 2.02. The third kappa shape index (κ3) is 4.31. The zero-order valence-corrected chi connectivity index (χ0v) is 10.0. The lowest BCUT2D eigenvalue weighted by Crippen LogP contribution is -2.21. The minimum absolute atomic E-state index is 0.565. The molecule has 1 aromatic rings. The molecule has 0 radical (unpaired) electrons. The number of nitrogens with one attached hydrogen (secondary N) is 1. The van der Waals surface area contributed by atoms with E-state index in [-0.39, 0.29) is 0 Å². The lowest BCUT2D eigenvalue weighted by Gasteiger charge is -2.08. The van der Waals surface area contributed by atoms with Crippen molar-refractivity contribution < 1.29 is 0 Å². The Morgan fingerprint density at radius 2 is 2.36 bits per heavy atom. The van der Waals surface area contributed by atoms with E-state index < -0.39 is 0 Å². The molecule has 0 aliphatic rings. The van der Waals surface area contributed by atoms with Gasteiger partial charge in [-0.05, 0) is 32.5 Å². The van der Waals surface area contributed by atoms with E-state index in [4.69, 9.17) is 11.6 Å². The normalized spacial score (nSPS) is 12.8. The van der Waals surface area contributed by atoms with Crippen molar-refractivity contribution in [2.45, 2.75) is 24.4 Å². The molecule has 14 heavy (non-hydrogen) atoms. The van der Waals surface area contributed by atoms with Gasteiger partial charge in [-0.15, -0.1) is 11.8 Å². The van der Waals surface area contributed by atoms with Gasteiger partial charge in [0.2, 0.25) is 0 Å². The minimum Gasteiger partial charge on any atom is -0.317 e. The van der Waals surface area contributed by atoms with Crippen LogP contribution in [-0.2, 0) is 0 Å². The van der Waals surface area contributed by atoms with E-state index >= 15 is 0 Å². The largest absolute Gasteiger partial charge is 0.317 e. The fourth-order valence-electron chi connectivity index (χ4n) is 0.932. The van der Waals surface area contributed by atoms with Gasteiger partial charge in [0.25, 0.3) is 0 Å². The van der Waals surface area contributed by atoms with Crippen LogP contribution in [0.3, 0.4) is 0 Å². The first kappa shape index (κ1) is 11.8. The Bertz CT molecular complexity index is 263. The summed E-state index contributed by atoms with van der Waals surface area (Å²) in [6, 6.07) is 4.39. The molecule has 0 saturated heterocycles. The maximum absolute atomic E-state index is 5.74. The zero-order valence-electron chi connectivity index (χ0n) is 8.46. The Kier molecular flexibility index (Phi) is 5.30. The van der Waals surface area contributed by atoms with Crippen LogP contribution in [0.5, 0.6) is 0 Å².